The van der Waals surface area contributed by atoms with Crippen LogP contribution in [0.15, 0.2) is 87.1 Å². The van der Waals surface area contributed by atoms with Crippen molar-refractivity contribution in [3.63, 3.8) is 0 Å². The van der Waals surface area contributed by atoms with E-state index in [1.54, 1.807) is 35.1 Å². The molecule has 2 aliphatic rings. The molecule has 250 valence electrons. The van der Waals surface area contributed by atoms with Crippen LogP contribution >= 0.6 is 35.1 Å². The number of aryl methyl sites for hydroxylation is 2. The van der Waals surface area contributed by atoms with Crippen LogP contribution in [0.2, 0.25) is 0 Å². The Morgan fingerprint density at radius 2 is 1.92 bits per heavy atom. The van der Waals surface area contributed by atoms with Crippen molar-refractivity contribution in [2.75, 3.05) is 18.9 Å². The van der Waals surface area contributed by atoms with Crippen LogP contribution in [-0.2, 0) is 32.0 Å². The summed E-state index contributed by atoms with van der Waals surface area (Å²) in [6, 6.07) is 14.8. The number of thioether (sulfide) groups is 2. The summed E-state index contributed by atoms with van der Waals surface area (Å²) in [5.74, 6) is 2.28. The molecular weight excluding hydrogens is 662 g/mol. The van der Waals surface area contributed by atoms with Crippen LogP contribution < -0.4 is 4.74 Å². The van der Waals surface area contributed by atoms with Crippen molar-refractivity contribution in [3.8, 4) is 5.75 Å². The Bertz CT molecular complexity index is 1940. The van der Waals surface area contributed by atoms with Gasteiger partial charge in [0, 0.05) is 77.0 Å². The summed E-state index contributed by atoms with van der Waals surface area (Å²) in [5, 5.41) is 24.4. The SMILES string of the molecule is CC1=C(Cl)/C=C\c2cn(C)c(C(=O)O)c2CCCOc2cc(cc3ccccc23)SCc2cc(nn2C)CSC/C=N/N2CCCC2=C1. The van der Waals surface area contributed by atoms with Crippen LogP contribution in [-0.4, -0.2) is 55.6 Å². The molecular formula is C37H40ClN5O3S2. The molecule has 48 heavy (non-hydrogen) atoms. The molecule has 0 saturated carbocycles. The van der Waals surface area contributed by atoms with Gasteiger partial charge in [-0.3, -0.25) is 9.69 Å². The number of rotatable bonds is 1. The standard InChI is InChI=1S/C37H40ClN5O3S2/c1-25-18-29-9-6-15-43(29)39-14-17-47-23-28-20-30(42(3)40-28)24-48-31-19-26-8-4-5-10-32(26)35(21-31)46-16-7-11-33-27(12-13-34(25)38)22-41(2)36(33)37(44)45/h4-5,8,10,12-14,18-22H,6-7,9,11,15-17,23-24H2,1-3H3,(H,44,45)/b13-12-,29-18?,34-25?,39-14+. The number of carboxylic acid groups (broad SMARTS) is 1. The fourth-order valence-corrected chi connectivity index (χ4v) is 7.87. The molecule has 4 aromatic rings. The van der Waals surface area contributed by atoms with Gasteiger partial charge in [0.05, 0.1) is 12.3 Å². The molecule has 0 aliphatic carbocycles. The van der Waals surface area contributed by atoms with Gasteiger partial charge in [0.1, 0.15) is 11.4 Å². The maximum Gasteiger partial charge on any atom is 0.352 e. The van der Waals surface area contributed by atoms with Gasteiger partial charge in [0.25, 0.3) is 0 Å². The van der Waals surface area contributed by atoms with Gasteiger partial charge >= 0.3 is 5.97 Å². The van der Waals surface area contributed by atoms with Gasteiger partial charge in [-0.1, -0.05) is 41.9 Å². The molecule has 1 saturated heterocycles. The molecule has 0 unspecified atom stereocenters. The number of carboxylic acids is 1. The molecule has 4 bridgehead atoms. The minimum absolute atomic E-state index is 0.279. The predicted molar refractivity (Wildman–Crippen MR) is 199 cm³/mol. The third kappa shape index (κ3) is 8.05. The number of ether oxygens (including phenoxy) is 1. The Labute approximate surface area is 295 Å². The third-order valence-electron chi connectivity index (χ3n) is 8.53. The molecule has 6 rings (SSSR count). The molecule has 0 atom stereocenters. The minimum atomic E-state index is -0.952. The topological polar surface area (TPSA) is 84.9 Å². The van der Waals surface area contributed by atoms with E-state index in [0.717, 1.165) is 91.8 Å². The van der Waals surface area contributed by atoms with Crippen molar-refractivity contribution in [3.05, 3.63) is 105 Å². The van der Waals surface area contributed by atoms with E-state index in [9.17, 15) is 9.90 Å². The first-order valence-corrected chi connectivity index (χ1v) is 18.6. The lowest BCUT2D eigenvalue weighted by atomic mass is 10.0. The van der Waals surface area contributed by atoms with E-state index in [2.05, 4.69) is 41.4 Å². The number of hydrogen-bond acceptors (Lipinski definition) is 7. The van der Waals surface area contributed by atoms with E-state index in [1.165, 1.54) is 0 Å². The Balaban J connectivity index is 1.31. The van der Waals surface area contributed by atoms with E-state index in [0.29, 0.717) is 24.5 Å². The predicted octanol–water partition coefficient (Wildman–Crippen LogP) is 8.65. The number of fused-ring (bicyclic) bond motifs is 8. The van der Waals surface area contributed by atoms with Crippen LogP contribution in [0.4, 0.5) is 0 Å². The first-order valence-electron chi connectivity index (χ1n) is 16.1. The van der Waals surface area contributed by atoms with Crippen molar-refractivity contribution in [1.82, 2.24) is 19.4 Å². The zero-order valence-electron chi connectivity index (χ0n) is 27.5. The molecule has 0 spiro atoms. The van der Waals surface area contributed by atoms with Gasteiger partial charge in [0.15, 0.2) is 0 Å². The summed E-state index contributed by atoms with van der Waals surface area (Å²) >= 11 is 10.3. The minimum Gasteiger partial charge on any atom is -0.493 e. The summed E-state index contributed by atoms with van der Waals surface area (Å²) in [7, 11) is 3.77. The van der Waals surface area contributed by atoms with Gasteiger partial charge in [-0.25, -0.2) is 4.79 Å². The number of benzene rings is 2. The number of hydrogen-bond donors (Lipinski definition) is 1. The second kappa shape index (κ2) is 15.6. The zero-order valence-corrected chi connectivity index (χ0v) is 29.9. The molecule has 1 fully saturated rings. The van der Waals surface area contributed by atoms with Gasteiger partial charge in [0.2, 0.25) is 0 Å². The molecule has 0 radical (unpaired) electrons. The van der Waals surface area contributed by atoms with Crippen molar-refractivity contribution >= 4 is 64.2 Å². The first-order chi connectivity index (χ1) is 23.3. The van der Waals surface area contributed by atoms with Gasteiger partial charge in [-0.15, -0.1) is 23.5 Å². The smallest absolute Gasteiger partial charge is 0.352 e. The summed E-state index contributed by atoms with van der Waals surface area (Å²) in [6.07, 6.45) is 12.9. The fraction of sp³-hybridized carbons (Fsp3) is 0.324. The second-order valence-corrected chi connectivity index (χ2v) is 14.5. The number of aromatic nitrogens is 3. The molecule has 0 amide bonds. The van der Waals surface area contributed by atoms with Crippen molar-refractivity contribution < 1.29 is 14.6 Å². The summed E-state index contributed by atoms with van der Waals surface area (Å²) in [4.78, 5) is 13.4. The monoisotopic (exact) mass is 701 g/mol. The Hall–Kier alpha value is -3.86. The number of hydrazone groups is 1. The average Bonchev–Trinajstić information content (AvgIpc) is 3.76. The van der Waals surface area contributed by atoms with Gasteiger partial charge in [-0.05, 0) is 85.0 Å². The van der Waals surface area contributed by atoms with Crippen molar-refractivity contribution in [2.24, 2.45) is 19.2 Å². The molecule has 2 aromatic carbocycles. The largest absolute Gasteiger partial charge is 0.493 e. The quantitative estimate of drug-likeness (QED) is 0.213. The maximum atomic E-state index is 12.3. The van der Waals surface area contributed by atoms with Crippen molar-refractivity contribution in [2.45, 2.75) is 49.0 Å². The molecule has 8 nitrogen and oxygen atoms in total. The highest BCUT2D eigenvalue weighted by Crippen LogP contribution is 2.34. The lowest BCUT2D eigenvalue weighted by Crippen LogP contribution is -2.10. The molecule has 2 aliphatic heterocycles. The first kappa shape index (κ1) is 34.0. The van der Waals surface area contributed by atoms with Crippen LogP contribution in [0, 0.1) is 0 Å². The Morgan fingerprint density at radius 3 is 2.77 bits per heavy atom. The molecule has 4 heterocycles. The maximum absolute atomic E-state index is 12.3. The van der Waals surface area contributed by atoms with Gasteiger partial charge in [-0.2, -0.15) is 10.2 Å². The number of aromatic carboxylic acids is 1. The summed E-state index contributed by atoms with van der Waals surface area (Å²) < 4.78 is 10.1. The Morgan fingerprint density at radius 1 is 1.06 bits per heavy atom. The van der Waals surface area contributed by atoms with Gasteiger partial charge < -0.3 is 14.4 Å². The van der Waals surface area contributed by atoms with Crippen LogP contribution in [0.5, 0.6) is 5.75 Å². The van der Waals surface area contributed by atoms with Crippen LogP contribution in [0.1, 0.15) is 59.2 Å². The number of carbonyl (C=O) groups is 1. The van der Waals surface area contributed by atoms with E-state index in [1.807, 2.05) is 55.3 Å². The highest BCUT2D eigenvalue weighted by molar-refractivity contribution is 7.99. The fourth-order valence-electron chi connectivity index (χ4n) is 6.13. The van der Waals surface area contributed by atoms with E-state index >= 15 is 0 Å². The summed E-state index contributed by atoms with van der Waals surface area (Å²) in [6.45, 7) is 3.32. The molecule has 11 heteroatoms. The normalized spacial score (nSPS) is 18.2. The number of halogens is 1. The zero-order chi connectivity index (χ0) is 33.6. The third-order valence-corrected chi connectivity index (χ3v) is 10.8. The molecule has 1 N–H and O–H groups in total. The average molecular weight is 702 g/mol. The van der Waals surface area contributed by atoms with E-state index in [4.69, 9.17) is 26.5 Å². The number of allylic oxidation sites excluding steroid dienone is 5. The highest BCUT2D eigenvalue weighted by atomic mass is 35.5. The molecule has 2 aromatic heterocycles. The number of nitrogens with zero attached hydrogens (tertiary/aromatic N) is 5. The summed E-state index contributed by atoms with van der Waals surface area (Å²) in [5.41, 5.74) is 6.18. The van der Waals surface area contributed by atoms with Crippen molar-refractivity contribution in [1.29, 1.82) is 0 Å². The Kier molecular flexibility index (Phi) is 11.0. The second-order valence-electron chi connectivity index (χ2n) is 12.0. The highest BCUT2D eigenvalue weighted by Gasteiger charge is 2.19. The lowest BCUT2D eigenvalue weighted by Gasteiger charge is -2.13. The van der Waals surface area contributed by atoms with Crippen LogP contribution in [0.25, 0.3) is 16.8 Å². The van der Waals surface area contributed by atoms with Crippen LogP contribution in [0.3, 0.4) is 0 Å². The van der Waals surface area contributed by atoms with E-state index < -0.39 is 5.97 Å². The lowest BCUT2D eigenvalue weighted by molar-refractivity contribution is 0.0685. The van der Waals surface area contributed by atoms with E-state index in [-0.39, 0.29) is 5.69 Å².